The number of methoxy groups -OCH3 is 1. The second kappa shape index (κ2) is 6.15. The van der Waals surface area contributed by atoms with E-state index in [9.17, 15) is 4.79 Å². The summed E-state index contributed by atoms with van der Waals surface area (Å²) in [6.07, 6.45) is -0.0764. The van der Waals surface area contributed by atoms with Crippen LogP contribution in [-0.4, -0.2) is 35.1 Å². The summed E-state index contributed by atoms with van der Waals surface area (Å²) in [5, 5.41) is 4.13. The Morgan fingerprint density at radius 2 is 2.14 bits per heavy atom. The normalized spacial score (nSPS) is 23.2. The maximum absolute atomic E-state index is 12.8. The average molecular weight is 379 g/mol. The minimum Gasteiger partial charge on any atom is -0.497 e. The van der Waals surface area contributed by atoms with E-state index in [0.717, 1.165) is 39.4 Å². The van der Waals surface area contributed by atoms with E-state index in [4.69, 9.17) is 14.3 Å². The molecule has 5 rings (SSSR count). The minimum atomic E-state index is -0.230. The molecule has 2 aliphatic rings. The molecule has 0 saturated carbocycles. The van der Waals surface area contributed by atoms with Crippen LogP contribution >= 0.6 is 0 Å². The van der Waals surface area contributed by atoms with Gasteiger partial charge in [-0.05, 0) is 37.6 Å². The van der Waals surface area contributed by atoms with Crippen LogP contribution in [0.15, 0.2) is 46.3 Å². The van der Waals surface area contributed by atoms with E-state index in [1.807, 2.05) is 50.2 Å². The zero-order chi connectivity index (χ0) is 19.4. The third kappa shape index (κ3) is 2.35. The molecule has 0 spiro atoms. The van der Waals surface area contributed by atoms with Gasteiger partial charge in [0.05, 0.1) is 30.3 Å². The molecule has 3 aromatic rings. The second-order valence-corrected chi connectivity index (χ2v) is 7.30. The van der Waals surface area contributed by atoms with Crippen molar-refractivity contribution in [3.05, 3.63) is 58.0 Å². The number of benzene rings is 2. The number of nitrogens with one attached hydrogen (secondary N) is 1. The SMILES string of the molecule is COc1cccc(C2COc3c(C4C(C)=NOC4C)ccc4[nH]c(=O)n2c34)c1. The third-order valence-electron chi connectivity index (χ3n) is 5.66. The van der Waals surface area contributed by atoms with Crippen LogP contribution in [0.25, 0.3) is 11.0 Å². The molecule has 28 heavy (non-hydrogen) atoms. The molecule has 1 aromatic heterocycles. The third-order valence-corrected chi connectivity index (χ3v) is 5.66. The van der Waals surface area contributed by atoms with Crippen LogP contribution in [0, 0.1) is 0 Å². The van der Waals surface area contributed by atoms with Crippen molar-refractivity contribution < 1.29 is 14.3 Å². The molecule has 0 bridgehead atoms. The standard InChI is InChI=1S/C21H21N3O4/c1-11-18(12(2)28-23-11)15-7-8-16-19-20(15)27-10-17(24(19)21(25)22-16)13-5-4-6-14(9-13)26-3/h4-9,12,17-18H,10H2,1-3H3,(H,22,25). The first-order valence-electron chi connectivity index (χ1n) is 9.32. The van der Waals surface area contributed by atoms with Crippen LogP contribution in [-0.2, 0) is 4.84 Å². The molecule has 0 amide bonds. The van der Waals surface area contributed by atoms with Gasteiger partial charge in [0.2, 0.25) is 0 Å². The summed E-state index contributed by atoms with van der Waals surface area (Å²) >= 11 is 0. The Bertz CT molecular complexity index is 1160. The van der Waals surface area contributed by atoms with Gasteiger partial charge in [-0.3, -0.25) is 4.57 Å². The summed E-state index contributed by atoms with van der Waals surface area (Å²) in [6, 6.07) is 11.4. The molecule has 0 radical (unpaired) electrons. The van der Waals surface area contributed by atoms with Gasteiger partial charge in [0.15, 0.2) is 0 Å². The fourth-order valence-electron chi connectivity index (χ4n) is 4.33. The first-order valence-corrected chi connectivity index (χ1v) is 9.32. The molecule has 0 fully saturated rings. The number of aromatic amines is 1. The zero-order valence-corrected chi connectivity index (χ0v) is 15.9. The highest BCUT2D eigenvalue weighted by Gasteiger charge is 2.36. The summed E-state index contributed by atoms with van der Waals surface area (Å²) in [5.41, 5.74) is 4.27. The lowest BCUT2D eigenvalue weighted by Gasteiger charge is -2.28. The maximum Gasteiger partial charge on any atom is 0.327 e. The van der Waals surface area contributed by atoms with Crippen molar-refractivity contribution in [2.45, 2.75) is 31.9 Å². The highest BCUT2D eigenvalue weighted by Crippen LogP contribution is 2.42. The monoisotopic (exact) mass is 379 g/mol. The van der Waals surface area contributed by atoms with Crippen molar-refractivity contribution in [3.8, 4) is 11.5 Å². The van der Waals surface area contributed by atoms with Crippen LogP contribution in [0.5, 0.6) is 11.5 Å². The highest BCUT2D eigenvalue weighted by molar-refractivity contribution is 5.94. The molecule has 144 valence electrons. The van der Waals surface area contributed by atoms with Crippen molar-refractivity contribution in [2.75, 3.05) is 13.7 Å². The lowest BCUT2D eigenvalue weighted by atomic mass is 9.89. The lowest BCUT2D eigenvalue weighted by Crippen LogP contribution is -2.31. The first-order chi connectivity index (χ1) is 13.6. The first kappa shape index (κ1) is 16.9. The molecular formula is C21H21N3O4. The fourth-order valence-corrected chi connectivity index (χ4v) is 4.33. The molecule has 3 atom stereocenters. The van der Waals surface area contributed by atoms with Gasteiger partial charge in [-0.1, -0.05) is 23.4 Å². The van der Waals surface area contributed by atoms with Gasteiger partial charge in [0.1, 0.15) is 29.7 Å². The summed E-state index contributed by atoms with van der Waals surface area (Å²) in [4.78, 5) is 21.2. The molecule has 7 nitrogen and oxygen atoms in total. The minimum absolute atomic E-state index is 0.00576. The zero-order valence-electron chi connectivity index (χ0n) is 15.9. The van der Waals surface area contributed by atoms with Crippen LogP contribution in [0.3, 0.4) is 0 Å². The smallest absolute Gasteiger partial charge is 0.327 e. The maximum atomic E-state index is 12.8. The Kier molecular flexibility index (Phi) is 3.72. The van der Waals surface area contributed by atoms with Crippen LogP contribution in [0.1, 0.15) is 36.9 Å². The number of oxime groups is 1. The molecule has 2 aromatic carbocycles. The van der Waals surface area contributed by atoms with Crippen molar-refractivity contribution in [2.24, 2.45) is 5.16 Å². The van der Waals surface area contributed by atoms with Crippen LogP contribution in [0.2, 0.25) is 0 Å². The Labute approximate surface area is 161 Å². The Balaban J connectivity index is 1.71. The van der Waals surface area contributed by atoms with Gasteiger partial charge in [0, 0.05) is 5.56 Å². The van der Waals surface area contributed by atoms with Gasteiger partial charge in [0.25, 0.3) is 0 Å². The average Bonchev–Trinajstić information content (AvgIpc) is 3.23. The largest absolute Gasteiger partial charge is 0.497 e. The van der Waals surface area contributed by atoms with Gasteiger partial charge in [-0.25, -0.2) is 4.79 Å². The van der Waals surface area contributed by atoms with Gasteiger partial charge >= 0.3 is 5.69 Å². The van der Waals surface area contributed by atoms with Crippen LogP contribution < -0.4 is 15.2 Å². The fraction of sp³-hybridized carbons (Fsp3) is 0.333. The number of imidazole rings is 1. The summed E-state index contributed by atoms with van der Waals surface area (Å²) < 4.78 is 13.4. The van der Waals surface area contributed by atoms with Gasteiger partial charge < -0.3 is 19.3 Å². The summed E-state index contributed by atoms with van der Waals surface area (Å²) in [7, 11) is 1.63. The van der Waals surface area contributed by atoms with E-state index in [0.29, 0.717) is 6.61 Å². The predicted molar refractivity (Wildman–Crippen MR) is 106 cm³/mol. The van der Waals surface area contributed by atoms with Crippen molar-refractivity contribution in [1.29, 1.82) is 0 Å². The number of ether oxygens (including phenoxy) is 2. The predicted octanol–water partition coefficient (Wildman–Crippen LogP) is 3.20. The van der Waals surface area contributed by atoms with E-state index in [-0.39, 0.29) is 23.8 Å². The number of H-pyrrole nitrogens is 1. The molecule has 0 aliphatic carbocycles. The second-order valence-electron chi connectivity index (χ2n) is 7.30. The Morgan fingerprint density at radius 1 is 1.29 bits per heavy atom. The molecule has 1 N–H and O–H groups in total. The van der Waals surface area contributed by atoms with E-state index in [2.05, 4.69) is 10.1 Å². The lowest BCUT2D eigenvalue weighted by molar-refractivity contribution is 0.0897. The number of nitrogens with zero attached hydrogens (tertiary/aromatic N) is 2. The topological polar surface area (TPSA) is 77.8 Å². The van der Waals surface area contributed by atoms with E-state index < -0.39 is 0 Å². The molecule has 3 unspecified atom stereocenters. The molecular weight excluding hydrogens is 358 g/mol. The molecule has 2 aliphatic heterocycles. The number of hydrogen-bond donors (Lipinski definition) is 1. The van der Waals surface area contributed by atoms with Crippen molar-refractivity contribution in [3.63, 3.8) is 0 Å². The Morgan fingerprint density at radius 3 is 2.89 bits per heavy atom. The molecule has 0 saturated heterocycles. The van der Waals surface area contributed by atoms with E-state index in [1.54, 1.807) is 11.7 Å². The number of rotatable bonds is 3. The quantitative estimate of drug-likeness (QED) is 0.758. The Hall–Kier alpha value is -3.22. The van der Waals surface area contributed by atoms with Crippen LogP contribution in [0.4, 0.5) is 0 Å². The number of hydrogen-bond acceptors (Lipinski definition) is 5. The molecule has 7 heteroatoms. The van der Waals surface area contributed by atoms with E-state index in [1.165, 1.54) is 0 Å². The van der Waals surface area contributed by atoms with Gasteiger partial charge in [-0.2, -0.15) is 0 Å². The summed E-state index contributed by atoms with van der Waals surface area (Å²) in [5.74, 6) is 1.48. The van der Waals surface area contributed by atoms with E-state index >= 15 is 0 Å². The highest BCUT2D eigenvalue weighted by atomic mass is 16.6. The van der Waals surface area contributed by atoms with Gasteiger partial charge in [-0.15, -0.1) is 0 Å². The van der Waals surface area contributed by atoms with Crippen molar-refractivity contribution in [1.82, 2.24) is 9.55 Å². The molecule has 3 heterocycles. The number of aromatic nitrogens is 2. The van der Waals surface area contributed by atoms with Crippen molar-refractivity contribution >= 4 is 16.7 Å². The summed E-state index contributed by atoms with van der Waals surface area (Å²) in [6.45, 7) is 4.31.